The summed E-state index contributed by atoms with van der Waals surface area (Å²) < 4.78 is 4.74. The first kappa shape index (κ1) is 10.7. The molecule has 0 amide bonds. The van der Waals surface area contributed by atoms with E-state index in [1.807, 2.05) is 0 Å². The number of terminal acetylenes is 1. The van der Waals surface area contributed by atoms with E-state index in [1.54, 1.807) is 24.3 Å². The van der Waals surface area contributed by atoms with Gasteiger partial charge < -0.3 is 10.3 Å². The van der Waals surface area contributed by atoms with Crippen molar-refractivity contribution >= 4 is 12.2 Å². The zero-order valence-electron chi connectivity index (χ0n) is 7.88. The molecule has 4 heteroatoms. The second kappa shape index (κ2) is 5.38. The zero-order valence-corrected chi connectivity index (χ0v) is 7.88. The minimum atomic E-state index is -0.696. The predicted molar refractivity (Wildman–Crippen MR) is 53.9 cm³/mol. The van der Waals surface area contributed by atoms with Crippen LogP contribution in [0.15, 0.2) is 24.3 Å². The molecule has 0 spiro atoms. The van der Waals surface area contributed by atoms with Crippen molar-refractivity contribution in [2.75, 3.05) is 0 Å². The van der Waals surface area contributed by atoms with Gasteiger partial charge in [-0.3, -0.25) is 0 Å². The lowest BCUT2D eigenvalue weighted by Crippen LogP contribution is -2.05. The van der Waals surface area contributed by atoms with Gasteiger partial charge in [-0.2, -0.15) is 4.79 Å². The van der Waals surface area contributed by atoms with Crippen molar-refractivity contribution in [2.45, 2.75) is 6.61 Å². The van der Waals surface area contributed by atoms with Gasteiger partial charge in [0, 0.05) is 5.56 Å². The molecule has 1 aromatic rings. The minimum absolute atomic E-state index is 0.121. The lowest BCUT2D eigenvalue weighted by Gasteiger charge is -2.00. The Morgan fingerprint density at radius 3 is 2.73 bits per heavy atom. The Labute approximate surface area is 87.1 Å². The van der Waals surface area contributed by atoms with Gasteiger partial charge in [-0.15, -0.1) is 6.42 Å². The highest BCUT2D eigenvalue weighted by Gasteiger charge is 2.03. The molecule has 0 saturated carbocycles. The van der Waals surface area contributed by atoms with E-state index in [0.717, 1.165) is 11.1 Å². The van der Waals surface area contributed by atoms with E-state index < -0.39 is 5.97 Å². The maximum absolute atomic E-state index is 10.8. The minimum Gasteiger partial charge on any atom is -0.452 e. The molecule has 0 aromatic heterocycles. The molecule has 0 saturated heterocycles. The molecule has 0 aliphatic carbocycles. The summed E-state index contributed by atoms with van der Waals surface area (Å²) in [6, 6.07) is 7.03. The molecule has 1 aromatic carbocycles. The Bertz CT molecular complexity index is 437. The summed E-state index contributed by atoms with van der Waals surface area (Å²) in [7, 11) is 0. The topological polar surface area (TPSA) is 62.7 Å². The lowest BCUT2D eigenvalue weighted by atomic mass is 10.1. The van der Waals surface area contributed by atoms with Crippen LogP contribution in [-0.4, -0.2) is 17.0 Å². The van der Waals surface area contributed by atoms with Crippen LogP contribution in [0.2, 0.25) is 0 Å². The third-order valence-corrected chi connectivity index (χ3v) is 1.66. The SMILES string of the molecule is C#Cc1ccc(COC(=O)C=[N+]=[N-])cc1. The zero-order chi connectivity index (χ0) is 11.1. The van der Waals surface area contributed by atoms with Crippen LogP contribution < -0.4 is 0 Å². The van der Waals surface area contributed by atoms with E-state index in [2.05, 4.69) is 10.7 Å². The number of carbonyl (C=O) groups is 1. The Kier molecular flexibility index (Phi) is 3.84. The second-order valence-corrected chi connectivity index (χ2v) is 2.69. The largest absolute Gasteiger partial charge is 0.452 e. The standard InChI is InChI=1S/C11H8N2O2/c1-2-9-3-5-10(6-4-9)8-15-11(14)7-13-12/h1,3-7H,8H2. The van der Waals surface area contributed by atoms with Crippen LogP contribution in [0.3, 0.4) is 0 Å². The van der Waals surface area contributed by atoms with Gasteiger partial charge in [-0.05, 0) is 17.7 Å². The van der Waals surface area contributed by atoms with Crippen LogP contribution in [0.4, 0.5) is 0 Å². The van der Waals surface area contributed by atoms with Crippen molar-refractivity contribution in [1.82, 2.24) is 0 Å². The maximum atomic E-state index is 10.8. The second-order valence-electron chi connectivity index (χ2n) is 2.69. The first-order chi connectivity index (χ1) is 7.26. The molecular formula is C11H8N2O2. The van der Waals surface area contributed by atoms with Gasteiger partial charge in [0.2, 0.25) is 0 Å². The number of rotatable bonds is 3. The Hall–Kier alpha value is -2.37. The summed E-state index contributed by atoms with van der Waals surface area (Å²) in [4.78, 5) is 13.3. The highest BCUT2D eigenvalue weighted by molar-refractivity contribution is 6.20. The van der Waals surface area contributed by atoms with E-state index in [0.29, 0.717) is 6.21 Å². The monoisotopic (exact) mass is 200 g/mol. The number of hydrogen-bond donors (Lipinski definition) is 0. The van der Waals surface area contributed by atoms with E-state index in [4.69, 9.17) is 16.7 Å². The highest BCUT2D eigenvalue weighted by atomic mass is 16.5. The number of benzene rings is 1. The van der Waals surface area contributed by atoms with E-state index in [1.165, 1.54) is 0 Å². The van der Waals surface area contributed by atoms with Crippen LogP contribution in [0, 0.1) is 12.3 Å². The van der Waals surface area contributed by atoms with Gasteiger partial charge in [0.15, 0.2) is 0 Å². The molecule has 1 rings (SSSR count). The van der Waals surface area contributed by atoms with Crippen LogP contribution in [0.1, 0.15) is 11.1 Å². The summed E-state index contributed by atoms with van der Waals surface area (Å²) in [6.07, 6.45) is 5.87. The molecule has 0 atom stereocenters. The number of hydrogen-bond acceptors (Lipinski definition) is 2. The van der Waals surface area contributed by atoms with Crippen LogP contribution >= 0.6 is 0 Å². The van der Waals surface area contributed by atoms with Crippen molar-refractivity contribution in [3.05, 3.63) is 40.9 Å². The van der Waals surface area contributed by atoms with Crippen molar-refractivity contribution < 1.29 is 14.3 Å². The summed E-state index contributed by atoms with van der Waals surface area (Å²) in [5, 5.41) is 0. The highest BCUT2D eigenvalue weighted by Crippen LogP contribution is 2.04. The Morgan fingerprint density at radius 2 is 2.20 bits per heavy atom. The molecule has 74 valence electrons. The molecule has 0 radical (unpaired) electrons. The van der Waals surface area contributed by atoms with E-state index in [-0.39, 0.29) is 6.61 Å². The molecule has 0 bridgehead atoms. The number of ether oxygens (including phenoxy) is 1. The van der Waals surface area contributed by atoms with Crippen LogP contribution in [-0.2, 0) is 16.1 Å². The van der Waals surface area contributed by atoms with Gasteiger partial charge in [-0.25, -0.2) is 4.79 Å². The van der Waals surface area contributed by atoms with Gasteiger partial charge >= 0.3 is 12.2 Å². The van der Waals surface area contributed by atoms with Crippen molar-refractivity contribution in [3.63, 3.8) is 0 Å². The summed E-state index contributed by atoms with van der Waals surface area (Å²) in [6.45, 7) is 0.121. The fourth-order valence-electron chi connectivity index (χ4n) is 0.936. The van der Waals surface area contributed by atoms with Gasteiger partial charge in [0.1, 0.15) is 6.61 Å². The molecule has 0 heterocycles. The summed E-state index contributed by atoms with van der Waals surface area (Å²) >= 11 is 0. The lowest BCUT2D eigenvalue weighted by molar-refractivity contribution is -0.140. The molecule has 0 N–H and O–H groups in total. The van der Waals surface area contributed by atoms with Crippen LogP contribution in [0.5, 0.6) is 0 Å². The van der Waals surface area contributed by atoms with Crippen LogP contribution in [0.25, 0.3) is 5.53 Å². The maximum Gasteiger partial charge on any atom is 0.413 e. The average molecular weight is 200 g/mol. The van der Waals surface area contributed by atoms with Crippen molar-refractivity contribution in [3.8, 4) is 12.3 Å². The number of esters is 1. The third-order valence-electron chi connectivity index (χ3n) is 1.66. The summed E-state index contributed by atoms with van der Waals surface area (Å²) in [5.74, 6) is 1.78. The van der Waals surface area contributed by atoms with Crippen molar-refractivity contribution in [2.24, 2.45) is 0 Å². The Balaban J connectivity index is 2.55. The molecular weight excluding hydrogens is 192 g/mol. The molecule has 0 aliphatic heterocycles. The summed E-state index contributed by atoms with van der Waals surface area (Å²) in [5.41, 5.74) is 9.63. The van der Waals surface area contributed by atoms with E-state index in [9.17, 15) is 4.79 Å². The van der Waals surface area contributed by atoms with Gasteiger partial charge in [0.25, 0.3) is 0 Å². The Morgan fingerprint density at radius 1 is 1.53 bits per heavy atom. The molecule has 0 aliphatic rings. The van der Waals surface area contributed by atoms with Crippen molar-refractivity contribution in [1.29, 1.82) is 0 Å². The van der Waals surface area contributed by atoms with E-state index >= 15 is 0 Å². The van der Waals surface area contributed by atoms with Gasteiger partial charge in [0.05, 0.1) is 0 Å². The first-order valence-corrected chi connectivity index (χ1v) is 4.16. The molecule has 0 unspecified atom stereocenters. The molecule has 15 heavy (non-hydrogen) atoms. The predicted octanol–water partition coefficient (Wildman–Crippen LogP) is 1.01. The quantitative estimate of drug-likeness (QED) is 0.240. The molecule has 4 nitrogen and oxygen atoms in total. The smallest absolute Gasteiger partial charge is 0.413 e. The average Bonchev–Trinajstić information content (AvgIpc) is 2.27. The third kappa shape index (κ3) is 3.47. The first-order valence-electron chi connectivity index (χ1n) is 4.16. The number of carbonyl (C=O) groups excluding carboxylic acids is 1. The fraction of sp³-hybridized carbons (Fsp3) is 0.0909. The van der Waals surface area contributed by atoms with Gasteiger partial charge in [-0.1, -0.05) is 18.1 Å². The normalized spacial score (nSPS) is 8.47. The fourth-order valence-corrected chi connectivity index (χ4v) is 0.936. The number of nitrogens with zero attached hydrogens (tertiary/aromatic N) is 2. The molecule has 0 fully saturated rings.